The van der Waals surface area contributed by atoms with Crippen molar-refractivity contribution < 1.29 is 4.79 Å². The van der Waals surface area contributed by atoms with Gasteiger partial charge in [0.1, 0.15) is 0 Å². The molecule has 0 atom stereocenters. The number of H-pyrrole nitrogens is 1. The second kappa shape index (κ2) is 6.48. The van der Waals surface area contributed by atoms with Crippen LogP contribution in [0.25, 0.3) is 27.9 Å². The van der Waals surface area contributed by atoms with Gasteiger partial charge in [-0.2, -0.15) is 0 Å². The third kappa shape index (κ3) is 3.09. The van der Waals surface area contributed by atoms with Crippen LogP contribution in [0.3, 0.4) is 0 Å². The minimum Gasteiger partial charge on any atom is -0.353 e. The molecule has 2 aromatic heterocycles. The SMILES string of the molecule is Cc1ccc(C)c(NC(=O)/C=C/c2cc3c(cn2)[nH]c2ccccc23)c1. The number of aromatic amines is 1. The lowest BCUT2D eigenvalue weighted by molar-refractivity contribution is -0.111. The summed E-state index contributed by atoms with van der Waals surface area (Å²) in [6.07, 6.45) is 5.06. The molecule has 2 heterocycles. The first-order valence-electron chi connectivity index (χ1n) is 8.53. The number of rotatable bonds is 3. The van der Waals surface area contributed by atoms with Crippen molar-refractivity contribution in [3.05, 3.63) is 77.6 Å². The fourth-order valence-electron chi connectivity index (χ4n) is 3.06. The third-order valence-corrected chi connectivity index (χ3v) is 4.47. The first-order valence-corrected chi connectivity index (χ1v) is 8.53. The maximum atomic E-state index is 12.2. The highest BCUT2D eigenvalue weighted by Crippen LogP contribution is 2.25. The highest BCUT2D eigenvalue weighted by Gasteiger charge is 2.05. The molecule has 0 spiro atoms. The largest absolute Gasteiger partial charge is 0.353 e. The number of aryl methyl sites for hydroxylation is 2. The number of carbonyl (C=O) groups is 1. The molecule has 26 heavy (non-hydrogen) atoms. The van der Waals surface area contributed by atoms with E-state index >= 15 is 0 Å². The van der Waals surface area contributed by atoms with Gasteiger partial charge in [-0.25, -0.2) is 0 Å². The summed E-state index contributed by atoms with van der Waals surface area (Å²) in [6, 6.07) is 16.1. The number of nitrogens with one attached hydrogen (secondary N) is 2. The van der Waals surface area contributed by atoms with Gasteiger partial charge in [0.05, 0.1) is 17.4 Å². The zero-order chi connectivity index (χ0) is 18.1. The van der Waals surface area contributed by atoms with Crippen molar-refractivity contribution in [2.75, 3.05) is 5.32 Å². The molecular weight excluding hydrogens is 322 g/mol. The number of pyridine rings is 1. The van der Waals surface area contributed by atoms with E-state index < -0.39 is 0 Å². The molecule has 2 N–H and O–H groups in total. The fraction of sp³-hybridized carbons (Fsp3) is 0.0909. The molecule has 0 aliphatic heterocycles. The van der Waals surface area contributed by atoms with E-state index in [-0.39, 0.29) is 5.91 Å². The molecule has 0 aliphatic rings. The van der Waals surface area contributed by atoms with Crippen LogP contribution in [0.4, 0.5) is 5.69 Å². The van der Waals surface area contributed by atoms with Gasteiger partial charge in [-0.1, -0.05) is 30.3 Å². The van der Waals surface area contributed by atoms with Crippen LogP contribution in [-0.2, 0) is 4.79 Å². The number of amides is 1. The average molecular weight is 341 g/mol. The first kappa shape index (κ1) is 16.1. The van der Waals surface area contributed by atoms with Gasteiger partial charge in [0.2, 0.25) is 5.91 Å². The van der Waals surface area contributed by atoms with Gasteiger partial charge < -0.3 is 10.3 Å². The summed E-state index contributed by atoms with van der Waals surface area (Å²) in [4.78, 5) is 20.0. The quantitative estimate of drug-likeness (QED) is 0.516. The second-order valence-electron chi connectivity index (χ2n) is 6.47. The highest BCUT2D eigenvalue weighted by atomic mass is 16.1. The summed E-state index contributed by atoms with van der Waals surface area (Å²) in [7, 11) is 0. The van der Waals surface area contributed by atoms with Crippen LogP contribution in [0.5, 0.6) is 0 Å². The Morgan fingerprint density at radius 1 is 1.04 bits per heavy atom. The predicted octanol–water partition coefficient (Wildman–Crippen LogP) is 4.98. The number of para-hydroxylation sites is 1. The smallest absolute Gasteiger partial charge is 0.248 e. The lowest BCUT2D eigenvalue weighted by Crippen LogP contribution is -2.09. The lowest BCUT2D eigenvalue weighted by Gasteiger charge is -2.07. The maximum absolute atomic E-state index is 12.2. The topological polar surface area (TPSA) is 57.8 Å². The number of fused-ring (bicyclic) bond motifs is 3. The number of benzene rings is 2. The molecule has 4 nitrogen and oxygen atoms in total. The Hall–Kier alpha value is -3.40. The number of nitrogens with zero attached hydrogens (tertiary/aromatic N) is 1. The molecule has 0 aliphatic carbocycles. The molecule has 0 fully saturated rings. The lowest BCUT2D eigenvalue weighted by atomic mass is 10.1. The van der Waals surface area contributed by atoms with Gasteiger partial charge in [0.15, 0.2) is 0 Å². The van der Waals surface area contributed by atoms with Crippen molar-refractivity contribution in [2.24, 2.45) is 0 Å². The molecule has 0 bridgehead atoms. The Bertz CT molecular complexity index is 1150. The van der Waals surface area contributed by atoms with Crippen LogP contribution in [0.2, 0.25) is 0 Å². The van der Waals surface area contributed by atoms with Crippen molar-refractivity contribution in [3.8, 4) is 0 Å². The van der Waals surface area contributed by atoms with Crippen LogP contribution < -0.4 is 5.32 Å². The summed E-state index contributed by atoms with van der Waals surface area (Å²) >= 11 is 0. The normalized spacial score (nSPS) is 11.5. The molecule has 0 unspecified atom stereocenters. The van der Waals surface area contributed by atoms with Gasteiger partial charge in [0, 0.05) is 28.1 Å². The van der Waals surface area contributed by atoms with Crippen molar-refractivity contribution in [3.63, 3.8) is 0 Å². The summed E-state index contributed by atoms with van der Waals surface area (Å²) in [5.41, 5.74) is 5.80. The number of carbonyl (C=O) groups excluding carboxylic acids is 1. The van der Waals surface area contributed by atoms with Crippen molar-refractivity contribution >= 4 is 39.5 Å². The van der Waals surface area contributed by atoms with Crippen LogP contribution in [0, 0.1) is 13.8 Å². The Balaban J connectivity index is 1.59. The summed E-state index contributed by atoms with van der Waals surface area (Å²) in [6.45, 7) is 3.98. The third-order valence-electron chi connectivity index (χ3n) is 4.47. The van der Waals surface area contributed by atoms with Gasteiger partial charge in [-0.3, -0.25) is 9.78 Å². The van der Waals surface area contributed by atoms with E-state index in [2.05, 4.69) is 21.4 Å². The molecule has 4 heteroatoms. The molecule has 2 aromatic carbocycles. The molecule has 1 amide bonds. The van der Waals surface area contributed by atoms with Gasteiger partial charge in [-0.15, -0.1) is 0 Å². The average Bonchev–Trinajstić information content (AvgIpc) is 3.01. The Kier molecular flexibility index (Phi) is 4.01. The van der Waals surface area contributed by atoms with E-state index in [0.29, 0.717) is 0 Å². The van der Waals surface area contributed by atoms with E-state index in [1.165, 1.54) is 6.08 Å². The van der Waals surface area contributed by atoms with E-state index in [0.717, 1.165) is 44.3 Å². The Morgan fingerprint density at radius 2 is 1.88 bits per heavy atom. The predicted molar refractivity (Wildman–Crippen MR) is 107 cm³/mol. The number of hydrogen-bond acceptors (Lipinski definition) is 2. The molecule has 4 rings (SSSR count). The van der Waals surface area contributed by atoms with Crippen LogP contribution in [0.15, 0.2) is 60.8 Å². The number of hydrogen-bond donors (Lipinski definition) is 2. The van der Waals surface area contributed by atoms with Gasteiger partial charge >= 0.3 is 0 Å². The molecule has 0 radical (unpaired) electrons. The standard InChI is InChI=1S/C22H19N3O/c1-14-7-8-15(2)20(11-14)25-22(26)10-9-16-12-18-17-5-3-4-6-19(17)24-21(18)13-23-16/h3-13,24H,1-2H3,(H,25,26)/b10-9+. The summed E-state index contributed by atoms with van der Waals surface area (Å²) in [5, 5.41) is 5.18. The van der Waals surface area contributed by atoms with Crippen LogP contribution >= 0.6 is 0 Å². The molecule has 0 saturated heterocycles. The zero-order valence-electron chi connectivity index (χ0n) is 14.7. The van der Waals surface area contributed by atoms with Crippen molar-refractivity contribution in [2.45, 2.75) is 13.8 Å². The number of aromatic nitrogens is 2. The molecular formula is C22H19N3O. The summed E-state index contributed by atoms with van der Waals surface area (Å²) < 4.78 is 0. The fourth-order valence-corrected chi connectivity index (χ4v) is 3.06. The monoisotopic (exact) mass is 341 g/mol. The van der Waals surface area contributed by atoms with E-state index in [1.54, 1.807) is 12.3 Å². The van der Waals surface area contributed by atoms with Crippen molar-refractivity contribution in [1.29, 1.82) is 0 Å². The van der Waals surface area contributed by atoms with E-state index in [1.807, 2.05) is 56.3 Å². The Morgan fingerprint density at radius 3 is 2.77 bits per heavy atom. The molecule has 0 saturated carbocycles. The zero-order valence-corrected chi connectivity index (χ0v) is 14.7. The molecule has 4 aromatic rings. The van der Waals surface area contributed by atoms with Crippen LogP contribution in [0.1, 0.15) is 16.8 Å². The Labute approximate surface area is 151 Å². The van der Waals surface area contributed by atoms with Crippen molar-refractivity contribution in [1.82, 2.24) is 9.97 Å². The number of anilines is 1. The molecule has 128 valence electrons. The highest BCUT2D eigenvalue weighted by molar-refractivity contribution is 6.07. The van der Waals surface area contributed by atoms with E-state index in [9.17, 15) is 4.79 Å². The first-order chi connectivity index (χ1) is 12.6. The van der Waals surface area contributed by atoms with Crippen LogP contribution in [-0.4, -0.2) is 15.9 Å². The van der Waals surface area contributed by atoms with Gasteiger partial charge in [0.25, 0.3) is 0 Å². The summed E-state index contributed by atoms with van der Waals surface area (Å²) in [5.74, 6) is -0.167. The maximum Gasteiger partial charge on any atom is 0.248 e. The van der Waals surface area contributed by atoms with E-state index in [4.69, 9.17) is 0 Å². The minimum absolute atomic E-state index is 0.167. The second-order valence-corrected chi connectivity index (χ2v) is 6.47. The minimum atomic E-state index is -0.167. The van der Waals surface area contributed by atoms with Gasteiger partial charge in [-0.05, 0) is 49.2 Å².